The Balaban J connectivity index is 1.82. The molecular formula is C19H21N3O2S2. The smallest absolute Gasteiger partial charge is 0.262 e. The van der Waals surface area contributed by atoms with E-state index >= 15 is 0 Å². The van der Waals surface area contributed by atoms with E-state index in [1.54, 1.807) is 7.05 Å². The number of thiophene rings is 1. The highest BCUT2D eigenvalue weighted by atomic mass is 32.2. The molecule has 0 aliphatic rings. The van der Waals surface area contributed by atoms with Gasteiger partial charge in [0.05, 0.1) is 11.1 Å². The first kappa shape index (κ1) is 18.7. The average Bonchev–Trinajstić information content (AvgIpc) is 3.09. The first-order valence-corrected chi connectivity index (χ1v) is 10.4. The predicted octanol–water partition coefficient (Wildman–Crippen LogP) is 3.67. The standard InChI is InChI=1S/C19H21N3O2S2/c1-3-4-10-20-16(23)12-25-19-21-17-14(18(24)22(19)2)11-15(26-17)13-8-6-5-7-9-13/h5-9,11H,3-4,10,12H2,1-2H3,(H,20,23). The predicted molar refractivity (Wildman–Crippen MR) is 109 cm³/mol. The zero-order valence-corrected chi connectivity index (χ0v) is 16.5. The van der Waals surface area contributed by atoms with Gasteiger partial charge in [0.2, 0.25) is 5.91 Å². The molecule has 1 amide bonds. The molecule has 0 fully saturated rings. The molecule has 0 spiro atoms. The number of aromatic nitrogens is 2. The van der Waals surface area contributed by atoms with Gasteiger partial charge in [-0.15, -0.1) is 11.3 Å². The summed E-state index contributed by atoms with van der Waals surface area (Å²) in [5.41, 5.74) is 0.990. The summed E-state index contributed by atoms with van der Waals surface area (Å²) in [5.74, 6) is 0.223. The van der Waals surface area contributed by atoms with E-state index in [0.717, 1.165) is 23.3 Å². The van der Waals surface area contributed by atoms with E-state index in [2.05, 4.69) is 17.2 Å². The van der Waals surface area contributed by atoms with Crippen molar-refractivity contribution in [2.45, 2.75) is 24.9 Å². The molecule has 136 valence electrons. The molecule has 0 bridgehead atoms. The van der Waals surface area contributed by atoms with Gasteiger partial charge in [0, 0.05) is 18.5 Å². The number of hydrogen-bond acceptors (Lipinski definition) is 5. The Kier molecular flexibility index (Phi) is 6.11. The Hall–Kier alpha value is -2.12. The molecular weight excluding hydrogens is 366 g/mol. The Morgan fingerprint density at radius 1 is 1.31 bits per heavy atom. The van der Waals surface area contributed by atoms with Gasteiger partial charge < -0.3 is 5.32 Å². The van der Waals surface area contributed by atoms with Crippen LogP contribution in [0, 0.1) is 0 Å². The number of rotatable bonds is 7. The molecule has 7 heteroatoms. The number of carbonyl (C=O) groups is 1. The molecule has 5 nitrogen and oxygen atoms in total. The summed E-state index contributed by atoms with van der Waals surface area (Å²) in [5, 5.41) is 4.06. The van der Waals surface area contributed by atoms with E-state index in [0.29, 0.717) is 21.9 Å². The van der Waals surface area contributed by atoms with Gasteiger partial charge in [0.25, 0.3) is 5.56 Å². The van der Waals surface area contributed by atoms with Crippen molar-refractivity contribution >= 4 is 39.2 Å². The van der Waals surface area contributed by atoms with Crippen molar-refractivity contribution in [3.05, 3.63) is 46.8 Å². The van der Waals surface area contributed by atoms with Gasteiger partial charge in [0.1, 0.15) is 4.83 Å². The third-order valence-electron chi connectivity index (χ3n) is 3.97. The highest BCUT2D eigenvalue weighted by Gasteiger charge is 2.14. The van der Waals surface area contributed by atoms with E-state index in [-0.39, 0.29) is 17.2 Å². The van der Waals surface area contributed by atoms with Crippen molar-refractivity contribution in [3.8, 4) is 10.4 Å². The maximum Gasteiger partial charge on any atom is 0.262 e. The molecule has 3 aromatic rings. The third kappa shape index (κ3) is 4.16. The Morgan fingerprint density at radius 3 is 2.81 bits per heavy atom. The SMILES string of the molecule is CCCCNC(=O)CSc1nc2sc(-c3ccccc3)cc2c(=O)n1C. The quantitative estimate of drug-likeness (QED) is 0.382. The van der Waals surface area contributed by atoms with Crippen LogP contribution in [0.25, 0.3) is 20.7 Å². The summed E-state index contributed by atoms with van der Waals surface area (Å²) in [6.45, 7) is 2.77. The van der Waals surface area contributed by atoms with Crippen molar-refractivity contribution in [2.75, 3.05) is 12.3 Å². The zero-order chi connectivity index (χ0) is 18.5. The van der Waals surface area contributed by atoms with Crippen LogP contribution in [0.2, 0.25) is 0 Å². The van der Waals surface area contributed by atoms with Crippen LogP contribution in [-0.4, -0.2) is 27.8 Å². The van der Waals surface area contributed by atoms with Crippen LogP contribution in [0.3, 0.4) is 0 Å². The van der Waals surface area contributed by atoms with Gasteiger partial charge >= 0.3 is 0 Å². The van der Waals surface area contributed by atoms with Crippen LogP contribution in [0.1, 0.15) is 19.8 Å². The Labute approximate surface area is 160 Å². The molecule has 1 N–H and O–H groups in total. The summed E-state index contributed by atoms with van der Waals surface area (Å²) in [7, 11) is 1.70. The second-order valence-electron chi connectivity index (χ2n) is 5.95. The molecule has 0 radical (unpaired) electrons. The second kappa shape index (κ2) is 8.51. The number of carbonyl (C=O) groups excluding carboxylic acids is 1. The van der Waals surface area contributed by atoms with Gasteiger partial charge in [-0.05, 0) is 18.1 Å². The average molecular weight is 388 g/mol. The second-order valence-corrected chi connectivity index (χ2v) is 7.92. The van der Waals surface area contributed by atoms with E-state index < -0.39 is 0 Å². The molecule has 0 aliphatic heterocycles. The van der Waals surface area contributed by atoms with Gasteiger partial charge in [-0.25, -0.2) is 4.98 Å². The van der Waals surface area contributed by atoms with Crippen molar-refractivity contribution in [1.82, 2.24) is 14.9 Å². The molecule has 26 heavy (non-hydrogen) atoms. The topological polar surface area (TPSA) is 64.0 Å². The number of fused-ring (bicyclic) bond motifs is 1. The first-order chi connectivity index (χ1) is 12.6. The lowest BCUT2D eigenvalue weighted by Gasteiger charge is -2.07. The van der Waals surface area contributed by atoms with Crippen molar-refractivity contribution < 1.29 is 4.79 Å². The van der Waals surface area contributed by atoms with Crippen LogP contribution in [0.5, 0.6) is 0 Å². The summed E-state index contributed by atoms with van der Waals surface area (Å²) < 4.78 is 1.52. The van der Waals surface area contributed by atoms with E-state index in [4.69, 9.17) is 0 Å². The van der Waals surface area contributed by atoms with Crippen molar-refractivity contribution in [2.24, 2.45) is 7.05 Å². The highest BCUT2D eigenvalue weighted by Crippen LogP contribution is 2.31. The number of amides is 1. The Morgan fingerprint density at radius 2 is 2.08 bits per heavy atom. The fraction of sp³-hybridized carbons (Fsp3) is 0.316. The van der Waals surface area contributed by atoms with Crippen LogP contribution in [-0.2, 0) is 11.8 Å². The van der Waals surface area contributed by atoms with Crippen LogP contribution >= 0.6 is 23.1 Å². The molecule has 0 saturated heterocycles. The lowest BCUT2D eigenvalue weighted by atomic mass is 10.2. The molecule has 0 unspecified atom stereocenters. The van der Waals surface area contributed by atoms with Crippen LogP contribution in [0.4, 0.5) is 0 Å². The summed E-state index contributed by atoms with van der Waals surface area (Å²) in [4.78, 5) is 30.9. The first-order valence-electron chi connectivity index (χ1n) is 8.55. The highest BCUT2D eigenvalue weighted by molar-refractivity contribution is 7.99. The number of nitrogens with one attached hydrogen (secondary N) is 1. The molecule has 3 rings (SSSR count). The minimum absolute atomic E-state index is 0.0334. The lowest BCUT2D eigenvalue weighted by Crippen LogP contribution is -2.27. The summed E-state index contributed by atoms with van der Waals surface area (Å²) in [6, 6.07) is 11.9. The van der Waals surface area contributed by atoms with Gasteiger partial charge in [0.15, 0.2) is 5.16 Å². The number of hydrogen-bond donors (Lipinski definition) is 1. The molecule has 0 saturated carbocycles. The molecule has 2 heterocycles. The lowest BCUT2D eigenvalue weighted by molar-refractivity contribution is -0.118. The fourth-order valence-electron chi connectivity index (χ4n) is 2.51. The number of unbranched alkanes of at least 4 members (excludes halogenated alkanes) is 1. The van der Waals surface area contributed by atoms with E-state index in [9.17, 15) is 9.59 Å². The molecule has 0 atom stereocenters. The van der Waals surface area contributed by atoms with Crippen LogP contribution in [0.15, 0.2) is 46.3 Å². The van der Waals surface area contributed by atoms with Crippen molar-refractivity contribution in [1.29, 1.82) is 0 Å². The van der Waals surface area contributed by atoms with Gasteiger partial charge in [-0.2, -0.15) is 0 Å². The Bertz CT molecular complexity index is 964. The van der Waals surface area contributed by atoms with Crippen molar-refractivity contribution in [3.63, 3.8) is 0 Å². The van der Waals surface area contributed by atoms with E-state index in [1.165, 1.54) is 27.7 Å². The number of nitrogens with zero attached hydrogens (tertiary/aromatic N) is 2. The monoisotopic (exact) mass is 387 g/mol. The fourth-order valence-corrected chi connectivity index (χ4v) is 4.39. The number of thioether (sulfide) groups is 1. The zero-order valence-electron chi connectivity index (χ0n) is 14.8. The molecule has 0 aliphatic carbocycles. The normalized spacial score (nSPS) is 11.0. The van der Waals surface area contributed by atoms with Crippen LogP contribution < -0.4 is 10.9 Å². The summed E-state index contributed by atoms with van der Waals surface area (Å²) in [6.07, 6.45) is 2.01. The van der Waals surface area contributed by atoms with E-state index in [1.807, 2.05) is 36.4 Å². The number of benzene rings is 1. The molecule has 2 aromatic heterocycles. The maximum absolute atomic E-state index is 12.7. The maximum atomic E-state index is 12.7. The third-order valence-corrected chi connectivity index (χ3v) is 6.08. The molecule has 1 aromatic carbocycles. The minimum Gasteiger partial charge on any atom is -0.355 e. The van der Waals surface area contributed by atoms with Gasteiger partial charge in [-0.3, -0.25) is 14.2 Å². The summed E-state index contributed by atoms with van der Waals surface area (Å²) >= 11 is 2.79. The van der Waals surface area contributed by atoms with Gasteiger partial charge in [-0.1, -0.05) is 55.4 Å². The largest absolute Gasteiger partial charge is 0.355 e. The minimum atomic E-state index is -0.0812.